The lowest BCUT2D eigenvalue weighted by molar-refractivity contribution is -0.131. The van der Waals surface area contributed by atoms with Gasteiger partial charge in [0.2, 0.25) is 5.91 Å². The molecule has 2 aromatic heterocycles. The molecule has 3 aromatic rings. The summed E-state index contributed by atoms with van der Waals surface area (Å²) in [5.41, 5.74) is 4.48. The third-order valence-corrected chi connectivity index (χ3v) is 7.20. The van der Waals surface area contributed by atoms with E-state index < -0.39 is 0 Å². The molecule has 0 aliphatic carbocycles. The zero-order valence-electron chi connectivity index (χ0n) is 20.9. The summed E-state index contributed by atoms with van der Waals surface area (Å²) in [6, 6.07) is 9.90. The SMILES string of the molecule is Cc1noc(C)c1CC(=O)N1CCOc2ccc(CN3CCC[C@@H](C(=O)c4cccnc4)C3)cc2C1. The maximum Gasteiger partial charge on any atom is 0.227 e. The minimum atomic E-state index is -0.00968. The van der Waals surface area contributed by atoms with Gasteiger partial charge in [0, 0.05) is 54.6 Å². The van der Waals surface area contributed by atoms with Gasteiger partial charge >= 0.3 is 0 Å². The number of aromatic nitrogens is 2. The highest BCUT2D eigenvalue weighted by atomic mass is 16.5. The molecule has 0 radical (unpaired) electrons. The van der Waals surface area contributed by atoms with Crippen molar-refractivity contribution in [1.82, 2.24) is 19.9 Å². The molecule has 36 heavy (non-hydrogen) atoms. The largest absolute Gasteiger partial charge is 0.491 e. The summed E-state index contributed by atoms with van der Waals surface area (Å²) in [4.78, 5) is 34.4. The molecular weight excluding hydrogens is 456 g/mol. The minimum Gasteiger partial charge on any atom is -0.491 e. The number of fused-ring (bicyclic) bond motifs is 1. The lowest BCUT2D eigenvalue weighted by atomic mass is 9.90. The molecule has 1 aromatic carbocycles. The van der Waals surface area contributed by atoms with Crippen LogP contribution in [0.3, 0.4) is 0 Å². The van der Waals surface area contributed by atoms with E-state index in [0.717, 1.165) is 60.6 Å². The van der Waals surface area contributed by atoms with Crippen LogP contribution in [0.15, 0.2) is 47.2 Å². The Hall–Kier alpha value is -3.52. The number of amides is 1. The summed E-state index contributed by atoms with van der Waals surface area (Å²) in [5, 5.41) is 3.97. The van der Waals surface area contributed by atoms with Gasteiger partial charge in [-0.2, -0.15) is 0 Å². The number of rotatable bonds is 6. The van der Waals surface area contributed by atoms with Crippen molar-refractivity contribution in [3.8, 4) is 5.75 Å². The van der Waals surface area contributed by atoms with Crippen molar-refractivity contribution >= 4 is 11.7 Å². The van der Waals surface area contributed by atoms with E-state index in [1.165, 1.54) is 0 Å². The molecule has 0 bridgehead atoms. The van der Waals surface area contributed by atoms with E-state index in [2.05, 4.69) is 27.2 Å². The third-order valence-electron chi connectivity index (χ3n) is 7.20. The summed E-state index contributed by atoms with van der Waals surface area (Å²) in [7, 11) is 0. The van der Waals surface area contributed by atoms with Gasteiger partial charge in [0.25, 0.3) is 0 Å². The number of hydrogen-bond acceptors (Lipinski definition) is 7. The summed E-state index contributed by atoms with van der Waals surface area (Å²) >= 11 is 0. The maximum absolute atomic E-state index is 13.1. The number of nitrogens with zero attached hydrogens (tertiary/aromatic N) is 4. The number of piperidine rings is 1. The molecule has 0 spiro atoms. The number of Topliss-reactive ketones (excluding diaryl/α,β-unsaturated/α-hetero) is 1. The molecule has 2 aliphatic rings. The Kier molecular flexibility index (Phi) is 7.13. The predicted octanol–water partition coefficient (Wildman–Crippen LogP) is 3.75. The molecule has 2 aliphatic heterocycles. The fraction of sp³-hybridized carbons (Fsp3) is 0.429. The van der Waals surface area contributed by atoms with Crippen LogP contribution in [0.25, 0.3) is 0 Å². The van der Waals surface area contributed by atoms with E-state index in [-0.39, 0.29) is 24.0 Å². The van der Waals surface area contributed by atoms with Crippen molar-refractivity contribution in [3.05, 3.63) is 76.4 Å². The average molecular weight is 489 g/mol. The van der Waals surface area contributed by atoms with Crippen molar-refractivity contribution in [1.29, 1.82) is 0 Å². The summed E-state index contributed by atoms with van der Waals surface area (Å²) in [6.45, 7) is 7.67. The van der Waals surface area contributed by atoms with Crippen LogP contribution < -0.4 is 4.74 Å². The Labute approximate surface area is 211 Å². The van der Waals surface area contributed by atoms with Crippen LogP contribution in [0, 0.1) is 19.8 Å². The van der Waals surface area contributed by atoms with Crippen molar-refractivity contribution in [3.63, 3.8) is 0 Å². The number of benzene rings is 1. The number of aryl methyl sites for hydroxylation is 2. The molecule has 0 saturated carbocycles. The van der Waals surface area contributed by atoms with Crippen LogP contribution in [0.5, 0.6) is 5.75 Å². The zero-order valence-corrected chi connectivity index (χ0v) is 20.9. The predicted molar refractivity (Wildman–Crippen MR) is 134 cm³/mol. The minimum absolute atomic E-state index is 0.00968. The van der Waals surface area contributed by atoms with Crippen LogP contribution in [0.1, 0.15) is 51.3 Å². The highest BCUT2D eigenvalue weighted by Gasteiger charge is 2.27. The van der Waals surface area contributed by atoms with Gasteiger partial charge in [0.15, 0.2) is 5.78 Å². The van der Waals surface area contributed by atoms with E-state index in [0.29, 0.717) is 31.0 Å². The van der Waals surface area contributed by atoms with Gasteiger partial charge in [0.05, 0.1) is 18.7 Å². The zero-order chi connectivity index (χ0) is 25.1. The number of carbonyl (C=O) groups is 2. The topological polar surface area (TPSA) is 88.8 Å². The van der Waals surface area contributed by atoms with Crippen LogP contribution in [-0.2, 0) is 24.3 Å². The number of hydrogen-bond donors (Lipinski definition) is 0. The van der Waals surface area contributed by atoms with E-state index in [1.54, 1.807) is 12.4 Å². The van der Waals surface area contributed by atoms with Crippen molar-refractivity contribution < 1.29 is 18.8 Å². The first-order chi connectivity index (χ1) is 17.5. The third kappa shape index (κ3) is 5.33. The summed E-state index contributed by atoms with van der Waals surface area (Å²) in [6.07, 6.45) is 5.53. The van der Waals surface area contributed by atoms with E-state index in [4.69, 9.17) is 9.26 Å². The van der Waals surface area contributed by atoms with Gasteiger partial charge < -0.3 is 14.2 Å². The first kappa shape index (κ1) is 24.2. The second-order valence-electron chi connectivity index (χ2n) is 9.77. The molecule has 8 nitrogen and oxygen atoms in total. The monoisotopic (exact) mass is 488 g/mol. The van der Waals surface area contributed by atoms with E-state index >= 15 is 0 Å². The molecule has 1 fully saturated rings. The van der Waals surface area contributed by atoms with Gasteiger partial charge in [-0.25, -0.2) is 0 Å². The Morgan fingerprint density at radius 1 is 1.17 bits per heavy atom. The molecule has 1 saturated heterocycles. The molecule has 5 rings (SSSR count). The van der Waals surface area contributed by atoms with E-state index in [1.807, 2.05) is 36.9 Å². The first-order valence-electron chi connectivity index (χ1n) is 12.6. The average Bonchev–Trinajstić information content (AvgIpc) is 3.08. The number of ketones is 1. The van der Waals surface area contributed by atoms with Crippen molar-refractivity contribution in [2.75, 3.05) is 26.2 Å². The fourth-order valence-electron chi connectivity index (χ4n) is 5.19. The number of pyridine rings is 1. The second-order valence-corrected chi connectivity index (χ2v) is 9.77. The number of likely N-dealkylation sites (tertiary alicyclic amines) is 1. The van der Waals surface area contributed by atoms with Crippen molar-refractivity contribution in [2.45, 2.75) is 46.2 Å². The second kappa shape index (κ2) is 10.6. The van der Waals surface area contributed by atoms with Gasteiger partial charge in [-0.3, -0.25) is 19.5 Å². The lowest BCUT2D eigenvalue weighted by Gasteiger charge is -2.32. The molecule has 188 valence electrons. The van der Waals surface area contributed by atoms with Crippen LogP contribution in [0.4, 0.5) is 0 Å². The summed E-state index contributed by atoms with van der Waals surface area (Å²) in [5.74, 6) is 1.73. The summed E-state index contributed by atoms with van der Waals surface area (Å²) < 4.78 is 11.2. The van der Waals surface area contributed by atoms with Gasteiger partial charge in [-0.1, -0.05) is 11.2 Å². The Bertz CT molecular complexity index is 1220. The standard InChI is InChI=1S/C28H32N4O4/c1-19-25(20(2)36-30-19)14-27(33)32-11-12-35-26-8-7-21(13-24(26)18-32)16-31-10-4-6-23(17-31)28(34)22-5-3-9-29-15-22/h3,5,7-9,13,15,23H,4,6,10-12,14,16-18H2,1-2H3/t23-/m1/s1. The molecule has 8 heteroatoms. The molecule has 1 amide bonds. The van der Waals surface area contributed by atoms with Crippen LogP contribution in [-0.4, -0.2) is 57.9 Å². The lowest BCUT2D eigenvalue weighted by Crippen LogP contribution is -2.38. The highest BCUT2D eigenvalue weighted by molar-refractivity contribution is 5.97. The molecule has 1 atom stereocenters. The normalized spacial score (nSPS) is 18.3. The molecule has 0 unspecified atom stereocenters. The smallest absolute Gasteiger partial charge is 0.227 e. The van der Waals surface area contributed by atoms with E-state index in [9.17, 15) is 9.59 Å². The molecule has 4 heterocycles. The number of carbonyl (C=O) groups excluding carboxylic acids is 2. The Balaban J connectivity index is 1.25. The van der Waals surface area contributed by atoms with Crippen LogP contribution >= 0.6 is 0 Å². The van der Waals surface area contributed by atoms with Crippen LogP contribution in [0.2, 0.25) is 0 Å². The van der Waals surface area contributed by atoms with Crippen molar-refractivity contribution in [2.24, 2.45) is 5.92 Å². The molecular formula is C28H32N4O4. The van der Waals surface area contributed by atoms with Gasteiger partial charge in [0.1, 0.15) is 18.1 Å². The van der Waals surface area contributed by atoms with Gasteiger partial charge in [-0.15, -0.1) is 0 Å². The van der Waals surface area contributed by atoms with Gasteiger partial charge in [-0.05, 0) is 63.1 Å². The Morgan fingerprint density at radius 2 is 2.06 bits per heavy atom. The maximum atomic E-state index is 13.1. The Morgan fingerprint density at radius 3 is 2.83 bits per heavy atom. The first-order valence-corrected chi connectivity index (χ1v) is 12.6. The molecule has 0 N–H and O–H groups in total. The fourth-order valence-corrected chi connectivity index (χ4v) is 5.19. The quantitative estimate of drug-likeness (QED) is 0.488. The highest BCUT2D eigenvalue weighted by Crippen LogP contribution is 2.27. The number of ether oxygens (including phenoxy) is 1.